The summed E-state index contributed by atoms with van der Waals surface area (Å²) in [5.74, 6) is 0. The highest BCUT2D eigenvalue weighted by molar-refractivity contribution is 4.76. The van der Waals surface area contributed by atoms with Gasteiger partial charge in [0.25, 0.3) is 0 Å². The average Bonchev–Trinajstić information content (AvgIpc) is 2.80. The van der Waals surface area contributed by atoms with E-state index in [0.29, 0.717) is 18.8 Å². The van der Waals surface area contributed by atoms with E-state index in [1.165, 1.54) is 0 Å². The highest BCUT2D eigenvalue weighted by Crippen LogP contribution is 2.20. The molecular formula is C15H31NO3. The second-order valence-corrected chi connectivity index (χ2v) is 6.31. The van der Waals surface area contributed by atoms with Gasteiger partial charge in [0.15, 0.2) is 0 Å². The van der Waals surface area contributed by atoms with Gasteiger partial charge >= 0.3 is 0 Å². The first-order chi connectivity index (χ1) is 8.93. The first-order valence-corrected chi connectivity index (χ1v) is 7.44. The molecule has 1 heterocycles. The van der Waals surface area contributed by atoms with Crippen LogP contribution in [0.2, 0.25) is 0 Å². The predicted molar refractivity (Wildman–Crippen MR) is 77.6 cm³/mol. The molecule has 2 atom stereocenters. The molecule has 1 rings (SSSR count). The zero-order valence-corrected chi connectivity index (χ0v) is 13.2. The van der Waals surface area contributed by atoms with E-state index < -0.39 is 0 Å². The minimum Gasteiger partial charge on any atom is -0.379 e. The summed E-state index contributed by atoms with van der Waals surface area (Å²) in [4.78, 5) is 0. The van der Waals surface area contributed by atoms with Crippen LogP contribution in [0.3, 0.4) is 0 Å². The third-order valence-corrected chi connectivity index (χ3v) is 3.65. The van der Waals surface area contributed by atoms with Crippen LogP contribution in [0.4, 0.5) is 0 Å². The molecule has 0 aromatic heterocycles. The van der Waals surface area contributed by atoms with E-state index >= 15 is 0 Å². The molecule has 19 heavy (non-hydrogen) atoms. The van der Waals surface area contributed by atoms with Crippen molar-refractivity contribution in [3.05, 3.63) is 0 Å². The van der Waals surface area contributed by atoms with E-state index in [0.717, 1.165) is 32.4 Å². The van der Waals surface area contributed by atoms with Crippen LogP contribution in [0.15, 0.2) is 0 Å². The van der Waals surface area contributed by atoms with Gasteiger partial charge in [-0.05, 0) is 33.1 Å². The van der Waals surface area contributed by atoms with Crippen LogP contribution in [0.25, 0.3) is 0 Å². The molecule has 0 saturated carbocycles. The molecule has 0 spiro atoms. The summed E-state index contributed by atoms with van der Waals surface area (Å²) < 4.78 is 17.0. The Hall–Kier alpha value is -0.160. The number of rotatable bonds is 9. The molecule has 1 N–H and O–H groups in total. The van der Waals surface area contributed by atoms with Crippen molar-refractivity contribution in [2.75, 3.05) is 26.9 Å². The van der Waals surface area contributed by atoms with Crippen LogP contribution in [0, 0.1) is 0 Å². The Morgan fingerprint density at radius 3 is 2.58 bits per heavy atom. The van der Waals surface area contributed by atoms with Crippen LogP contribution in [0.1, 0.15) is 47.0 Å². The molecule has 0 aromatic carbocycles. The van der Waals surface area contributed by atoms with Gasteiger partial charge < -0.3 is 19.5 Å². The molecule has 114 valence electrons. The summed E-state index contributed by atoms with van der Waals surface area (Å²) in [5, 5.41) is 3.42. The van der Waals surface area contributed by atoms with Gasteiger partial charge in [-0.15, -0.1) is 0 Å². The summed E-state index contributed by atoms with van der Waals surface area (Å²) in [6.45, 7) is 10.9. The second-order valence-electron chi connectivity index (χ2n) is 6.31. The minimum atomic E-state index is -0.0970. The topological polar surface area (TPSA) is 39.7 Å². The lowest BCUT2D eigenvalue weighted by atomic mass is 10.1. The number of hydrogen-bond donors (Lipinski definition) is 1. The molecule has 4 nitrogen and oxygen atoms in total. The summed E-state index contributed by atoms with van der Waals surface area (Å²) in [6.07, 6.45) is 3.78. The third-order valence-electron chi connectivity index (χ3n) is 3.65. The lowest BCUT2D eigenvalue weighted by molar-refractivity contribution is -0.0403. The molecular weight excluding hydrogens is 242 g/mol. The van der Waals surface area contributed by atoms with E-state index in [4.69, 9.17) is 14.2 Å². The molecule has 1 aliphatic rings. The van der Waals surface area contributed by atoms with Crippen molar-refractivity contribution in [1.29, 1.82) is 0 Å². The Labute approximate surface area is 118 Å². The van der Waals surface area contributed by atoms with E-state index in [9.17, 15) is 0 Å². The number of nitrogens with one attached hydrogen (secondary N) is 1. The summed E-state index contributed by atoms with van der Waals surface area (Å²) in [5.41, 5.74) is -0.0970. The van der Waals surface area contributed by atoms with Crippen molar-refractivity contribution in [2.45, 2.75) is 70.8 Å². The Bertz CT molecular complexity index is 244. The fourth-order valence-electron chi connectivity index (χ4n) is 2.05. The van der Waals surface area contributed by atoms with Crippen molar-refractivity contribution < 1.29 is 14.2 Å². The van der Waals surface area contributed by atoms with Crippen LogP contribution in [-0.2, 0) is 14.2 Å². The maximum absolute atomic E-state index is 5.95. The number of hydrogen-bond acceptors (Lipinski definition) is 4. The van der Waals surface area contributed by atoms with E-state index in [1.54, 1.807) is 7.11 Å². The molecule has 2 unspecified atom stereocenters. The Morgan fingerprint density at radius 1 is 1.26 bits per heavy atom. The van der Waals surface area contributed by atoms with Gasteiger partial charge in [0, 0.05) is 26.3 Å². The van der Waals surface area contributed by atoms with Crippen LogP contribution in [0.5, 0.6) is 0 Å². The molecule has 1 aliphatic heterocycles. The monoisotopic (exact) mass is 273 g/mol. The molecule has 4 heteroatoms. The van der Waals surface area contributed by atoms with Crippen LogP contribution < -0.4 is 5.32 Å². The maximum atomic E-state index is 5.95. The van der Waals surface area contributed by atoms with E-state index in [2.05, 4.69) is 33.0 Å². The summed E-state index contributed by atoms with van der Waals surface area (Å²) >= 11 is 0. The lowest BCUT2D eigenvalue weighted by Crippen LogP contribution is -2.32. The van der Waals surface area contributed by atoms with Gasteiger partial charge in [-0.3, -0.25) is 0 Å². The minimum absolute atomic E-state index is 0.0970. The molecule has 1 saturated heterocycles. The van der Waals surface area contributed by atoms with Crippen molar-refractivity contribution in [2.24, 2.45) is 0 Å². The molecule has 0 radical (unpaired) electrons. The molecule has 0 bridgehead atoms. The quantitative estimate of drug-likeness (QED) is 0.655. The van der Waals surface area contributed by atoms with E-state index in [-0.39, 0.29) is 11.7 Å². The van der Waals surface area contributed by atoms with Crippen molar-refractivity contribution in [3.8, 4) is 0 Å². The number of methoxy groups -OCH3 is 1. The largest absolute Gasteiger partial charge is 0.379 e. The first kappa shape index (κ1) is 16.9. The summed E-state index contributed by atoms with van der Waals surface area (Å²) in [6, 6.07) is 0.523. The predicted octanol–water partition coefficient (Wildman–Crippen LogP) is 2.36. The lowest BCUT2D eigenvalue weighted by Gasteiger charge is -2.23. The van der Waals surface area contributed by atoms with Gasteiger partial charge in [0.05, 0.1) is 24.4 Å². The van der Waals surface area contributed by atoms with Crippen molar-refractivity contribution in [3.63, 3.8) is 0 Å². The maximum Gasteiger partial charge on any atom is 0.0813 e. The third kappa shape index (κ3) is 7.25. The average molecular weight is 273 g/mol. The smallest absolute Gasteiger partial charge is 0.0813 e. The second kappa shape index (κ2) is 8.20. The van der Waals surface area contributed by atoms with Gasteiger partial charge in [0.1, 0.15) is 0 Å². The molecule has 0 aromatic rings. The molecule has 1 fully saturated rings. The van der Waals surface area contributed by atoms with Crippen LogP contribution >= 0.6 is 0 Å². The van der Waals surface area contributed by atoms with Crippen LogP contribution in [-0.4, -0.2) is 50.7 Å². The van der Waals surface area contributed by atoms with Gasteiger partial charge in [0.2, 0.25) is 0 Å². The van der Waals surface area contributed by atoms with Gasteiger partial charge in [-0.25, -0.2) is 0 Å². The molecule has 0 amide bonds. The fraction of sp³-hybridized carbons (Fsp3) is 1.00. The number of ether oxygens (including phenoxy) is 3. The summed E-state index contributed by atoms with van der Waals surface area (Å²) in [7, 11) is 1.74. The molecule has 0 aliphatic carbocycles. The fourth-order valence-corrected chi connectivity index (χ4v) is 2.05. The zero-order valence-electron chi connectivity index (χ0n) is 13.2. The normalized spacial score (nSPS) is 24.3. The Kier molecular flexibility index (Phi) is 7.29. The SMILES string of the molecule is COC(C)(C)CCOCC1CCC(CNC(C)C)O1. The van der Waals surface area contributed by atoms with Gasteiger partial charge in [-0.2, -0.15) is 0 Å². The van der Waals surface area contributed by atoms with E-state index in [1.807, 2.05) is 0 Å². The Morgan fingerprint density at radius 2 is 1.95 bits per heavy atom. The van der Waals surface area contributed by atoms with Gasteiger partial charge in [-0.1, -0.05) is 13.8 Å². The Balaban J connectivity index is 2.06. The van der Waals surface area contributed by atoms with Crippen molar-refractivity contribution >= 4 is 0 Å². The standard InChI is InChI=1S/C15H31NO3/c1-12(2)16-10-13-6-7-14(19-13)11-18-9-8-15(3,4)17-5/h12-14,16H,6-11H2,1-5H3. The highest BCUT2D eigenvalue weighted by atomic mass is 16.5. The first-order valence-electron chi connectivity index (χ1n) is 7.44. The zero-order chi connectivity index (χ0) is 14.3. The highest BCUT2D eigenvalue weighted by Gasteiger charge is 2.25. The van der Waals surface area contributed by atoms with Crippen molar-refractivity contribution in [1.82, 2.24) is 5.32 Å².